The van der Waals surface area contributed by atoms with E-state index in [1.54, 1.807) is 25.3 Å². The van der Waals surface area contributed by atoms with Gasteiger partial charge in [-0.3, -0.25) is 0 Å². The zero-order valence-corrected chi connectivity index (χ0v) is 16.1. The molecular weight excluding hydrogens is 364 g/mol. The first-order valence-corrected chi connectivity index (χ1v) is 8.70. The van der Waals surface area contributed by atoms with Gasteiger partial charge in [0.2, 0.25) is 0 Å². The van der Waals surface area contributed by atoms with E-state index in [2.05, 4.69) is 15.3 Å². The van der Waals surface area contributed by atoms with Crippen molar-refractivity contribution in [3.05, 3.63) is 48.0 Å². The van der Waals surface area contributed by atoms with Crippen LogP contribution >= 0.6 is 0 Å². The minimum Gasteiger partial charge on any atom is -0.493 e. The van der Waals surface area contributed by atoms with Crippen LogP contribution in [0.3, 0.4) is 0 Å². The van der Waals surface area contributed by atoms with E-state index in [9.17, 15) is 4.79 Å². The zero-order valence-electron chi connectivity index (χ0n) is 16.1. The van der Waals surface area contributed by atoms with Crippen LogP contribution in [0.4, 0.5) is 4.79 Å². The first-order valence-electron chi connectivity index (χ1n) is 8.70. The number of hydrogen-bond donors (Lipinski definition) is 1. The van der Waals surface area contributed by atoms with Gasteiger partial charge in [-0.15, -0.1) is 0 Å². The number of hydrogen-bond acceptors (Lipinski definition) is 7. The molecule has 28 heavy (non-hydrogen) atoms. The van der Waals surface area contributed by atoms with Gasteiger partial charge in [0, 0.05) is 0 Å². The van der Waals surface area contributed by atoms with Crippen LogP contribution < -0.4 is 24.4 Å². The Morgan fingerprint density at radius 3 is 2.29 bits per heavy atom. The van der Waals surface area contributed by atoms with Gasteiger partial charge in [0.1, 0.15) is 13.2 Å². The Labute approximate surface area is 164 Å². The summed E-state index contributed by atoms with van der Waals surface area (Å²) in [4.78, 5) is 11.0. The molecule has 150 valence electrons. The van der Waals surface area contributed by atoms with Crippen LogP contribution in [0.2, 0.25) is 0 Å². The molecule has 0 saturated carbocycles. The van der Waals surface area contributed by atoms with Crippen LogP contribution in [0.1, 0.15) is 12.5 Å². The van der Waals surface area contributed by atoms with Gasteiger partial charge in [-0.25, -0.2) is 10.2 Å². The lowest BCUT2D eigenvalue weighted by Crippen LogP contribution is -2.16. The second-order valence-corrected chi connectivity index (χ2v) is 5.35. The molecule has 0 bridgehead atoms. The monoisotopic (exact) mass is 388 g/mol. The highest BCUT2D eigenvalue weighted by Gasteiger charge is 2.07. The SMILES string of the molecule is CCOc1cc(/C=N\NC(=O)OC)ccc1OCCOc1ccccc1OC. The largest absolute Gasteiger partial charge is 0.493 e. The number of methoxy groups -OCH3 is 2. The standard InChI is InChI=1S/C20H24N2O6/c1-4-26-19-13-15(14-21-22-20(23)25-3)9-10-18(19)28-12-11-27-17-8-6-5-7-16(17)24-2/h5-10,13-14H,4,11-12H2,1-3H3,(H,22,23)/b21-14-. The molecular formula is C20H24N2O6. The highest BCUT2D eigenvalue weighted by atomic mass is 16.6. The van der Waals surface area contributed by atoms with Crippen LogP contribution in [0.25, 0.3) is 0 Å². The molecule has 2 rings (SSSR count). The molecule has 0 aliphatic rings. The van der Waals surface area contributed by atoms with Crippen LogP contribution in [0.5, 0.6) is 23.0 Å². The van der Waals surface area contributed by atoms with E-state index in [1.807, 2.05) is 31.2 Å². The van der Waals surface area contributed by atoms with Gasteiger partial charge < -0.3 is 23.7 Å². The molecule has 0 spiro atoms. The van der Waals surface area contributed by atoms with Gasteiger partial charge in [-0.2, -0.15) is 5.10 Å². The number of rotatable bonds is 10. The second-order valence-electron chi connectivity index (χ2n) is 5.35. The molecule has 0 aliphatic heterocycles. The fourth-order valence-electron chi connectivity index (χ4n) is 2.24. The van der Waals surface area contributed by atoms with Crippen LogP contribution in [-0.4, -0.2) is 46.3 Å². The van der Waals surface area contributed by atoms with Gasteiger partial charge in [-0.1, -0.05) is 12.1 Å². The smallest absolute Gasteiger partial charge is 0.427 e. The molecule has 2 aromatic carbocycles. The van der Waals surface area contributed by atoms with E-state index in [1.165, 1.54) is 13.3 Å². The molecule has 0 heterocycles. The maximum atomic E-state index is 11.0. The lowest BCUT2D eigenvalue weighted by molar-refractivity contribution is 0.171. The maximum absolute atomic E-state index is 11.0. The molecule has 8 nitrogen and oxygen atoms in total. The summed E-state index contributed by atoms with van der Waals surface area (Å²) in [5.41, 5.74) is 2.96. The van der Waals surface area contributed by atoms with Gasteiger partial charge >= 0.3 is 6.09 Å². The molecule has 0 radical (unpaired) electrons. The Balaban J connectivity index is 1.93. The Kier molecular flexibility index (Phi) is 8.45. The number of para-hydroxylation sites is 2. The molecule has 0 saturated heterocycles. The summed E-state index contributed by atoms with van der Waals surface area (Å²) in [5, 5.41) is 3.79. The molecule has 1 amide bonds. The van der Waals surface area contributed by atoms with Gasteiger partial charge in [-0.05, 0) is 42.8 Å². The molecule has 0 aromatic heterocycles. The average Bonchev–Trinajstić information content (AvgIpc) is 2.72. The molecule has 0 atom stereocenters. The Morgan fingerprint density at radius 2 is 1.64 bits per heavy atom. The average molecular weight is 388 g/mol. The molecule has 1 N–H and O–H groups in total. The van der Waals surface area contributed by atoms with Crippen molar-refractivity contribution in [3.63, 3.8) is 0 Å². The second kappa shape index (κ2) is 11.3. The van der Waals surface area contributed by atoms with Crippen molar-refractivity contribution in [2.75, 3.05) is 34.0 Å². The number of amides is 1. The van der Waals surface area contributed by atoms with Crippen molar-refractivity contribution in [2.24, 2.45) is 5.10 Å². The van der Waals surface area contributed by atoms with Crippen molar-refractivity contribution in [2.45, 2.75) is 6.92 Å². The first-order chi connectivity index (χ1) is 13.7. The minimum absolute atomic E-state index is 0.329. The number of hydrazone groups is 1. The van der Waals surface area contributed by atoms with Gasteiger partial charge in [0.05, 0.1) is 27.0 Å². The molecule has 0 unspecified atom stereocenters. The predicted octanol–water partition coefficient (Wildman–Crippen LogP) is 3.24. The summed E-state index contributed by atoms with van der Waals surface area (Å²) in [7, 11) is 2.86. The topological polar surface area (TPSA) is 87.6 Å². The third-order valence-corrected chi connectivity index (χ3v) is 3.49. The number of ether oxygens (including phenoxy) is 5. The van der Waals surface area contributed by atoms with Crippen molar-refractivity contribution in [3.8, 4) is 23.0 Å². The normalized spacial score (nSPS) is 10.4. The number of benzene rings is 2. The van der Waals surface area contributed by atoms with Crippen molar-refractivity contribution in [1.29, 1.82) is 0 Å². The summed E-state index contributed by atoms with van der Waals surface area (Å²) in [6, 6.07) is 12.8. The summed E-state index contributed by atoms with van der Waals surface area (Å²) in [6.45, 7) is 3.04. The Morgan fingerprint density at radius 1 is 0.964 bits per heavy atom. The maximum Gasteiger partial charge on any atom is 0.427 e. The highest BCUT2D eigenvalue weighted by molar-refractivity contribution is 5.82. The number of nitrogens with zero attached hydrogens (tertiary/aromatic N) is 1. The van der Waals surface area contributed by atoms with Crippen LogP contribution in [0, 0.1) is 0 Å². The Hall–Kier alpha value is -3.42. The quantitative estimate of drug-likeness (QED) is 0.382. The van der Waals surface area contributed by atoms with E-state index in [0.29, 0.717) is 42.8 Å². The number of carbonyl (C=O) groups is 1. The highest BCUT2D eigenvalue weighted by Crippen LogP contribution is 2.29. The molecule has 2 aromatic rings. The van der Waals surface area contributed by atoms with E-state index < -0.39 is 6.09 Å². The van der Waals surface area contributed by atoms with E-state index >= 15 is 0 Å². The molecule has 0 fully saturated rings. The van der Waals surface area contributed by atoms with Crippen molar-refractivity contribution < 1.29 is 28.5 Å². The summed E-state index contributed by atoms with van der Waals surface area (Å²) >= 11 is 0. The fourth-order valence-corrected chi connectivity index (χ4v) is 2.24. The zero-order chi connectivity index (χ0) is 20.2. The van der Waals surface area contributed by atoms with Crippen molar-refractivity contribution in [1.82, 2.24) is 5.43 Å². The summed E-state index contributed by atoms with van der Waals surface area (Å²) in [6.07, 6.45) is 0.838. The molecule has 0 aliphatic carbocycles. The van der Waals surface area contributed by atoms with E-state index in [-0.39, 0.29) is 0 Å². The van der Waals surface area contributed by atoms with Crippen LogP contribution in [0.15, 0.2) is 47.6 Å². The lowest BCUT2D eigenvalue weighted by Gasteiger charge is -2.14. The van der Waals surface area contributed by atoms with E-state index in [4.69, 9.17) is 18.9 Å². The minimum atomic E-state index is -0.642. The fraction of sp³-hybridized carbons (Fsp3) is 0.300. The van der Waals surface area contributed by atoms with Crippen LogP contribution in [-0.2, 0) is 4.74 Å². The number of nitrogens with one attached hydrogen (secondary N) is 1. The number of carbonyl (C=O) groups excluding carboxylic acids is 1. The van der Waals surface area contributed by atoms with E-state index in [0.717, 1.165) is 5.56 Å². The third kappa shape index (κ3) is 6.39. The predicted molar refractivity (Wildman–Crippen MR) is 105 cm³/mol. The summed E-state index contributed by atoms with van der Waals surface area (Å²) < 4.78 is 26.8. The van der Waals surface area contributed by atoms with Gasteiger partial charge in [0.15, 0.2) is 23.0 Å². The Bertz CT molecular complexity index is 794. The third-order valence-electron chi connectivity index (χ3n) is 3.49. The lowest BCUT2D eigenvalue weighted by atomic mass is 10.2. The van der Waals surface area contributed by atoms with Crippen molar-refractivity contribution >= 4 is 12.3 Å². The molecule has 8 heteroatoms. The van der Waals surface area contributed by atoms with Gasteiger partial charge in [0.25, 0.3) is 0 Å². The first kappa shape index (κ1) is 20.9. The summed E-state index contributed by atoms with van der Waals surface area (Å²) in [5.74, 6) is 2.48.